The Labute approximate surface area is 117 Å². The summed E-state index contributed by atoms with van der Waals surface area (Å²) in [6.45, 7) is 3.62. The van der Waals surface area contributed by atoms with E-state index in [1.54, 1.807) is 18.7 Å². The van der Waals surface area contributed by atoms with E-state index < -0.39 is 9.84 Å². The first-order valence-electron chi connectivity index (χ1n) is 6.12. The first-order valence-corrected chi connectivity index (χ1v) is 10.1. The molecule has 1 heterocycles. The van der Waals surface area contributed by atoms with E-state index in [2.05, 4.69) is 20.8 Å². The van der Waals surface area contributed by atoms with Crippen LogP contribution in [0.5, 0.6) is 0 Å². The number of halogens is 1. The molecule has 0 aromatic heterocycles. The summed E-state index contributed by atoms with van der Waals surface area (Å²) in [4.78, 5) is 2.21. The van der Waals surface area contributed by atoms with Gasteiger partial charge in [0.25, 0.3) is 0 Å². The van der Waals surface area contributed by atoms with Gasteiger partial charge in [-0.05, 0) is 18.3 Å². The maximum absolute atomic E-state index is 12.1. The van der Waals surface area contributed by atoms with Crippen LogP contribution < -0.4 is 0 Å². The lowest BCUT2D eigenvalue weighted by atomic mass is 10.1. The van der Waals surface area contributed by atoms with Crippen LogP contribution >= 0.6 is 27.7 Å². The Bertz CT molecular complexity index is 368. The van der Waals surface area contributed by atoms with Gasteiger partial charge < -0.3 is 0 Å². The topological polar surface area (TPSA) is 37.4 Å². The van der Waals surface area contributed by atoms with Crippen molar-refractivity contribution in [3.63, 3.8) is 0 Å². The summed E-state index contributed by atoms with van der Waals surface area (Å²) >= 11 is 5.34. The highest BCUT2D eigenvalue weighted by molar-refractivity contribution is 9.09. The van der Waals surface area contributed by atoms with Gasteiger partial charge >= 0.3 is 0 Å². The fourth-order valence-corrected chi connectivity index (χ4v) is 6.08. The molecule has 6 heteroatoms. The Morgan fingerprint density at radius 3 is 2.71 bits per heavy atom. The lowest BCUT2D eigenvalue weighted by Gasteiger charge is -2.36. The Morgan fingerprint density at radius 1 is 1.47 bits per heavy atom. The molecule has 0 aromatic rings. The van der Waals surface area contributed by atoms with Crippen LogP contribution in [0.25, 0.3) is 0 Å². The monoisotopic (exact) mass is 341 g/mol. The molecule has 1 saturated carbocycles. The van der Waals surface area contributed by atoms with Crippen LogP contribution in [0.15, 0.2) is 0 Å². The molecule has 2 aliphatic rings. The molecule has 1 atom stereocenters. The highest BCUT2D eigenvalue weighted by Gasteiger charge is 2.45. The van der Waals surface area contributed by atoms with Crippen LogP contribution in [0, 0.1) is 5.41 Å². The Kier molecular flexibility index (Phi) is 4.49. The predicted molar refractivity (Wildman–Crippen MR) is 77.6 cm³/mol. The highest BCUT2D eigenvalue weighted by Crippen LogP contribution is 2.48. The normalized spacial score (nSPS) is 29.2. The summed E-state index contributed by atoms with van der Waals surface area (Å²) in [5, 5.41) is 0.755. The third kappa shape index (κ3) is 3.19. The van der Waals surface area contributed by atoms with Crippen LogP contribution in [-0.2, 0) is 9.84 Å². The van der Waals surface area contributed by atoms with Gasteiger partial charge in [-0.3, -0.25) is 4.90 Å². The lowest BCUT2D eigenvalue weighted by Crippen LogP contribution is -2.50. The van der Waals surface area contributed by atoms with E-state index >= 15 is 0 Å². The zero-order valence-corrected chi connectivity index (χ0v) is 13.4. The van der Waals surface area contributed by atoms with Crippen molar-refractivity contribution in [1.82, 2.24) is 4.90 Å². The van der Waals surface area contributed by atoms with Gasteiger partial charge in [0.1, 0.15) is 5.37 Å². The summed E-state index contributed by atoms with van der Waals surface area (Å²) in [5.41, 5.74) is 0.365. The molecule has 3 nitrogen and oxygen atoms in total. The van der Waals surface area contributed by atoms with Gasteiger partial charge in [0.2, 0.25) is 0 Å². The molecule has 0 aromatic carbocycles. The second-order valence-corrected chi connectivity index (χ2v) is 9.24. The summed E-state index contributed by atoms with van der Waals surface area (Å²) in [6.07, 6.45) is 2.47. The minimum Gasteiger partial charge on any atom is -0.285 e. The van der Waals surface area contributed by atoms with Crippen molar-refractivity contribution in [2.45, 2.75) is 25.1 Å². The van der Waals surface area contributed by atoms with Crippen LogP contribution in [0.4, 0.5) is 0 Å². The summed E-state index contributed by atoms with van der Waals surface area (Å²) in [7, 11) is -2.93. The molecule has 2 fully saturated rings. The number of hydrogen-bond donors (Lipinski definition) is 0. The second kappa shape index (κ2) is 5.39. The summed E-state index contributed by atoms with van der Waals surface area (Å²) < 4.78 is 24.2. The molecule has 0 radical (unpaired) electrons. The molecule has 100 valence electrons. The molecular weight excluding hydrogens is 322 g/mol. The fourth-order valence-electron chi connectivity index (χ4n) is 2.26. The second-order valence-electron chi connectivity index (χ2n) is 5.09. The third-order valence-corrected chi connectivity index (χ3v) is 8.31. The highest BCUT2D eigenvalue weighted by atomic mass is 79.9. The molecule has 0 bridgehead atoms. The molecule has 1 unspecified atom stereocenters. The maximum atomic E-state index is 12.1. The third-order valence-electron chi connectivity index (χ3n) is 3.79. The molecule has 17 heavy (non-hydrogen) atoms. The standard InChI is InChI=1S/C11H20BrNO2S2/c1-2-17(14,15)10-7-16-6-5-13(10)9-11(8-12)3-4-11/h10H,2-9H2,1H3. The van der Waals surface area contributed by atoms with Crippen LogP contribution in [0.2, 0.25) is 0 Å². The van der Waals surface area contributed by atoms with Gasteiger partial charge in [-0.1, -0.05) is 22.9 Å². The van der Waals surface area contributed by atoms with Crippen LogP contribution in [0.1, 0.15) is 19.8 Å². The van der Waals surface area contributed by atoms with E-state index in [0.29, 0.717) is 5.41 Å². The van der Waals surface area contributed by atoms with E-state index in [1.807, 2.05) is 0 Å². The van der Waals surface area contributed by atoms with E-state index in [4.69, 9.17) is 0 Å². The Hall–Kier alpha value is 0.740. The van der Waals surface area contributed by atoms with E-state index in [9.17, 15) is 8.42 Å². The number of hydrogen-bond acceptors (Lipinski definition) is 4. The van der Waals surface area contributed by atoms with Gasteiger partial charge in [0.05, 0.1) is 0 Å². The predicted octanol–water partition coefficient (Wildman–Crippen LogP) is 1.97. The van der Waals surface area contributed by atoms with Crippen LogP contribution in [-0.4, -0.2) is 54.4 Å². The molecule has 1 aliphatic heterocycles. The first-order chi connectivity index (χ1) is 8.03. The zero-order valence-electron chi connectivity index (χ0n) is 10.2. The van der Waals surface area contributed by atoms with Gasteiger partial charge in [0.15, 0.2) is 9.84 Å². The average molecular weight is 342 g/mol. The van der Waals surface area contributed by atoms with Crippen molar-refractivity contribution >= 4 is 37.5 Å². The van der Waals surface area contributed by atoms with Gasteiger partial charge in [-0.25, -0.2) is 8.42 Å². The number of alkyl halides is 1. The molecule has 1 aliphatic carbocycles. The molecule has 1 saturated heterocycles. The van der Waals surface area contributed by atoms with Crippen molar-refractivity contribution in [1.29, 1.82) is 0 Å². The Morgan fingerprint density at radius 2 is 2.18 bits per heavy atom. The molecule has 0 spiro atoms. The zero-order chi connectivity index (χ0) is 12.5. The van der Waals surface area contributed by atoms with Crippen molar-refractivity contribution in [3.8, 4) is 0 Å². The van der Waals surface area contributed by atoms with E-state index in [-0.39, 0.29) is 11.1 Å². The molecular formula is C11H20BrNO2S2. The van der Waals surface area contributed by atoms with Crippen molar-refractivity contribution in [3.05, 3.63) is 0 Å². The summed E-state index contributed by atoms with van der Waals surface area (Å²) in [5.74, 6) is 2.07. The lowest BCUT2D eigenvalue weighted by molar-refractivity contribution is 0.227. The van der Waals surface area contributed by atoms with Crippen molar-refractivity contribution < 1.29 is 8.42 Å². The number of sulfone groups is 1. The van der Waals surface area contributed by atoms with Crippen molar-refractivity contribution in [2.24, 2.45) is 5.41 Å². The SMILES string of the molecule is CCS(=O)(=O)C1CSCCN1CC1(CBr)CC1. The van der Waals surface area contributed by atoms with Gasteiger partial charge in [-0.2, -0.15) is 11.8 Å². The minimum atomic E-state index is -2.93. The van der Waals surface area contributed by atoms with Gasteiger partial charge in [0, 0.05) is 35.7 Å². The number of rotatable bonds is 5. The molecule has 0 N–H and O–H groups in total. The van der Waals surface area contributed by atoms with Crippen molar-refractivity contribution in [2.75, 3.05) is 35.7 Å². The summed E-state index contributed by atoms with van der Waals surface area (Å²) in [6, 6.07) is 0. The quantitative estimate of drug-likeness (QED) is 0.716. The number of nitrogens with zero attached hydrogens (tertiary/aromatic N) is 1. The fraction of sp³-hybridized carbons (Fsp3) is 1.00. The van der Waals surface area contributed by atoms with Crippen LogP contribution in [0.3, 0.4) is 0 Å². The van der Waals surface area contributed by atoms with E-state index in [1.165, 1.54) is 12.8 Å². The van der Waals surface area contributed by atoms with Gasteiger partial charge in [-0.15, -0.1) is 0 Å². The van der Waals surface area contributed by atoms with E-state index in [0.717, 1.165) is 29.9 Å². The molecule has 2 rings (SSSR count). The largest absolute Gasteiger partial charge is 0.285 e. The minimum absolute atomic E-state index is 0.247. The number of thioether (sulfide) groups is 1. The maximum Gasteiger partial charge on any atom is 0.166 e. The Balaban J connectivity index is 2.07. The average Bonchev–Trinajstić information content (AvgIpc) is 3.10. The molecule has 0 amide bonds. The smallest absolute Gasteiger partial charge is 0.166 e. The first kappa shape index (κ1) is 14.2.